The van der Waals surface area contributed by atoms with Crippen LogP contribution < -0.4 is 4.90 Å². The molecule has 0 saturated carbocycles. The van der Waals surface area contributed by atoms with E-state index in [1.54, 1.807) is 11.3 Å². The second-order valence-corrected chi connectivity index (χ2v) is 5.70. The molecule has 2 nitrogen and oxygen atoms in total. The number of aryl methyl sites for hydroxylation is 1. The molecule has 0 aliphatic carbocycles. The molecule has 1 aromatic carbocycles. The number of fused-ring (bicyclic) bond motifs is 1. The molecule has 90 valence electrons. The molecule has 2 aromatic rings. The summed E-state index contributed by atoms with van der Waals surface area (Å²) in [6, 6.07) is 6.35. The van der Waals surface area contributed by atoms with Gasteiger partial charge in [0.2, 0.25) is 0 Å². The molecule has 4 heteroatoms. The quantitative estimate of drug-likeness (QED) is 0.734. The molecule has 1 aliphatic heterocycles. The van der Waals surface area contributed by atoms with E-state index in [2.05, 4.69) is 47.8 Å². The lowest BCUT2D eigenvalue weighted by Crippen LogP contribution is -2.12. The number of rotatable bonds is 0. The van der Waals surface area contributed by atoms with Gasteiger partial charge in [0.1, 0.15) is 0 Å². The van der Waals surface area contributed by atoms with Crippen LogP contribution in [0.2, 0.25) is 0 Å². The zero-order valence-corrected chi connectivity index (χ0v) is 11.8. The largest absolute Gasteiger partial charge is 0.374 e. The van der Waals surface area contributed by atoms with Gasteiger partial charge in [-0.3, -0.25) is 4.98 Å². The molecule has 1 aromatic heterocycles. The van der Waals surface area contributed by atoms with Gasteiger partial charge in [-0.05, 0) is 31.0 Å². The third-order valence-electron chi connectivity index (χ3n) is 2.75. The number of hydrogen-bond acceptors (Lipinski definition) is 4. The Kier molecular flexibility index (Phi) is 4.07. The minimum Gasteiger partial charge on any atom is -0.374 e. The van der Waals surface area contributed by atoms with Crippen molar-refractivity contribution in [3.05, 3.63) is 40.3 Å². The Hall–Kier alpha value is -1.00. The molecular weight excluding hydrogens is 248 g/mol. The van der Waals surface area contributed by atoms with Crippen molar-refractivity contribution in [3.8, 4) is 0 Å². The van der Waals surface area contributed by atoms with E-state index >= 15 is 0 Å². The lowest BCUT2D eigenvalue weighted by molar-refractivity contribution is 0.956. The average Bonchev–Trinajstić information content (AvgIpc) is 2.91. The Morgan fingerprint density at radius 1 is 1.41 bits per heavy atom. The summed E-state index contributed by atoms with van der Waals surface area (Å²) in [6.07, 6.45) is 3.03. The van der Waals surface area contributed by atoms with Crippen molar-refractivity contribution in [2.45, 2.75) is 18.2 Å². The minimum absolute atomic E-state index is 1.05. The molecule has 0 atom stereocenters. The molecule has 0 amide bonds. The number of likely N-dealkylation sites (N-methyl/N-ethyl adjacent to an activating group) is 1. The average molecular weight is 264 g/mol. The summed E-state index contributed by atoms with van der Waals surface area (Å²) < 4.78 is 0. The Labute approximate surface area is 112 Å². The first-order chi connectivity index (χ1) is 8.16. The summed E-state index contributed by atoms with van der Waals surface area (Å²) in [5.41, 5.74) is 4.62. The van der Waals surface area contributed by atoms with Crippen molar-refractivity contribution < 1.29 is 0 Å². The van der Waals surface area contributed by atoms with Gasteiger partial charge >= 0.3 is 0 Å². The normalized spacial score (nSPS) is 13.0. The molecule has 0 saturated heterocycles. The third-order valence-corrected chi connectivity index (χ3v) is 3.73. The van der Waals surface area contributed by atoms with Gasteiger partial charge in [0.05, 0.1) is 5.51 Å². The number of nitrogens with zero attached hydrogens (tertiary/aromatic N) is 2. The van der Waals surface area contributed by atoms with Crippen molar-refractivity contribution in [2.75, 3.05) is 18.5 Å². The Morgan fingerprint density at radius 2 is 2.24 bits per heavy atom. The van der Waals surface area contributed by atoms with Crippen LogP contribution >= 0.6 is 24.0 Å². The topological polar surface area (TPSA) is 16.1 Å². The van der Waals surface area contributed by atoms with Gasteiger partial charge in [-0.15, -0.1) is 24.0 Å². The second-order valence-electron chi connectivity index (χ2n) is 4.10. The molecule has 0 bridgehead atoms. The molecule has 0 radical (unpaired) electrons. The summed E-state index contributed by atoms with van der Waals surface area (Å²) in [6.45, 7) is 3.18. The zero-order valence-electron chi connectivity index (χ0n) is 10.1. The van der Waals surface area contributed by atoms with Crippen molar-refractivity contribution in [1.29, 1.82) is 0 Å². The first-order valence-corrected chi connectivity index (χ1v) is 6.87. The van der Waals surface area contributed by atoms with E-state index in [-0.39, 0.29) is 0 Å². The van der Waals surface area contributed by atoms with E-state index in [0.29, 0.717) is 0 Å². The molecule has 1 aliphatic rings. The lowest BCUT2D eigenvalue weighted by atomic mass is 10.2. The van der Waals surface area contributed by atoms with Crippen LogP contribution in [0.5, 0.6) is 0 Å². The van der Waals surface area contributed by atoms with E-state index in [1.165, 1.54) is 22.5 Å². The number of anilines is 1. The van der Waals surface area contributed by atoms with Gasteiger partial charge in [0.25, 0.3) is 0 Å². The van der Waals surface area contributed by atoms with Crippen molar-refractivity contribution >= 4 is 29.7 Å². The van der Waals surface area contributed by atoms with Gasteiger partial charge in [0, 0.05) is 35.2 Å². The Bertz CT molecular complexity index is 480. The molecule has 2 heterocycles. The number of benzene rings is 1. The molecule has 0 fully saturated rings. The summed E-state index contributed by atoms with van der Waals surface area (Å²) in [5, 5.41) is 0. The summed E-state index contributed by atoms with van der Waals surface area (Å²) in [5.74, 6) is 0. The maximum absolute atomic E-state index is 4.30. The van der Waals surface area contributed by atoms with Gasteiger partial charge in [0.15, 0.2) is 0 Å². The summed E-state index contributed by atoms with van der Waals surface area (Å²) in [7, 11) is 2.12. The van der Waals surface area contributed by atoms with E-state index in [4.69, 9.17) is 0 Å². The van der Waals surface area contributed by atoms with Crippen molar-refractivity contribution in [3.63, 3.8) is 0 Å². The monoisotopic (exact) mass is 264 g/mol. The predicted molar refractivity (Wildman–Crippen MR) is 77.5 cm³/mol. The number of hydrogen-bond donors (Lipinski definition) is 1. The van der Waals surface area contributed by atoms with E-state index in [1.807, 2.05) is 18.6 Å². The second kappa shape index (κ2) is 5.56. The minimum atomic E-state index is 1.05. The molecule has 17 heavy (non-hydrogen) atoms. The maximum Gasteiger partial charge on any atom is 0.0794 e. The van der Waals surface area contributed by atoms with Crippen LogP contribution in [0.1, 0.15) is 10.4 Å². The van der Waals surface area contributed by atoms with Crippen LogP contribution in [0, 0.1) is 6.92 Å². The highest BCUT2D eigenvalue weighted by molar-refractivity contribution is 7.80. The first-order valence-electron chi connectivity index (χ1n) is 5.55. The number of aromatic nitrogens is 1. The highest BCUT2D eigenvalue weighted by Gasteiger charge is 2.14. The summed E-state index contributed by atoms with van der Waals surface area (Å²) >= 11 is 5.96. The van der Waals surface area contributed by atoms with Crippen LogP contribution in [-0.4, -0.2) is 18.6 Å². The third kappa shape index (κ3) is 3.23. The van der Waals surface area contributed by atoms with Crippen LogP contribution in [-0.2, 0) is 6.42 Å². The fourth-order valence-electron chi connectivity index (χ4n) is 1.81. The maximum atomic E-state index is 4.30. The molecule has 0 spiro atoms. The molecule has 3 rings (SSSR count). The highest BCUT2D eigenvalue weighted by atomic mass is 32.1. The van der Waals surface area contributed by atoms with Crippen LogP contribution in [0.25, 0.3) is 0 Å². The van der Waals surface area contributed by atoms with Gasteiger partial charge in [-0.1, -0.05) is 6.07 Å². The van der Waals surface area contributed by atoms with Crippen molar-refractivity contribution in [2.24, 2.45) is 0 Å². The van der Waals surface area contributed by atoms with Gasteiger partial charge < -0.3 is 4.90 Å². The lowest BCUT2D eigenvalue weighted by Gasteiger charge is -2.11. The zero-order chi connectivity index (χ0) is 12.3. The smallest absolute Gasteiger partial charge is 0.0794 e. The summed E-state index contributed by atoms with van der Waals surface area (Å²) in [4.78, 5) is 8.44. The molecule has 0 N–H and O–H groups in total. The van der Waals surface area contributed by atoms with Crippen LogP contribution in [0.4, 0.5) is 5.69 Å². The van der Waals surface area contributed by atoms with Crippen LogP contribution in [0.3, 0.4) is 0 Å². The Morgan fingerprint density at radius 3 is 2.82 bits per heavy atom. The fourth-order valence-corrected chi connectivity index (χ4v) is 2.41. The fraction of sp³-hybridized carbons (Fsp3) is 0.308. The van der Waals surface area contributed by atoms with E-state index < -0.39 is 0 Å². The van der Waals surface area contributed by atoms with Crippen molar-refractivity contribution in [1.82, 2.24) is 4.98 Å². The van der Waals surface area contributed by atoms with Crippen LogP contribution in [0.15, 0.2) is 34.8 Å². The standard InChI is InChI=1S/C9H11NS.C4H5NS/c1-10-5-4-7-2-3-8(11)6-9(7)10;1-4-2-5-3-6-4/h2-3,6,11H,4-5H2,1H3;2-3H,1H3. The predicted octanol–water partition coefficient (Wildman–Crippen LogP) is 3.42. The Balaban J connectivity index is 0.000000153. The number of thiazole rings is 1. The van der Waals surface area contributed by atoms with Gasteiger partial charge in [-0.2, -0.15) is 0 Å². The SMILES string of the molecule is CN1CCc2ccc(S)cc21.Cc1cncs1. The highest BCUT2D eigenvalue weighted by Crippen LogP contribution is 2.28. The van der Waals surface area contributed by atoms with Gasteiger partial charge in [-0.25, -0.2) is 0 Å². The number of thiol groups is 1. The first kappa shape index (κ1) is 12.5. The molecule has 0 unspecified atom stereocenters. The van der Waals surface area contributed by atoms with E-state index in [0.717, 1.165) is 11.4 Å². The molecular formula is C13H16N2S2. The van der Waals surface area contributed by atoms with E-state index in [9.17, 15) is 0 Å².